The number of amides is 2. The van der Waals surface area contributed by atoms with Crippen molar-refractivity contribution in [2.75, 3.05) is 31.6 Å². The monoisotopic (exact) mass is 318 g/mol. The Morgan fingerprint density at radius 2 is 1.91 bits per heavy atom. The molecule has 0 bridgehead atoms. The van der Waals surface area contributed by atoms with E-state index in [1.807, 2.05) is 38.2 Å². The number of rotatable bonds is 3. The number of urea groups is 1. The summed E-state index contributed by atoms with van der Waals surface area (Å²) in [5.74, 6) is 0. The average Bonchev–Trinajstić information content (AvgIpc) is 3.08. The lowest BCUT2D eigenvalue weighted by Crippen LogP contribution is -2.41. The number of aromatic nitrogens is 2. The molecule has 1 fully saturated rings. The van der Waals surface area contributed by atoms with Crippen LogP contribution in [0.25, 0.3) is 5.52 Å². The maximum Gasteiger partial charge on any atom is 0.321 e. The van der Waals surface area contributed by atoms with Gasteiger partial charge in [-0.1, -0.05) is 19.9 Å². The SMILES string of the molecule is C[C@]1(CO)CN(C(=O)Nc2cnn3ccccc23)C[C@@]1(C)CO. The zero-order valence-electron chi connectivity index (χ0n) is 13.4. The zero-order chi connectivity index (χ0) is 16.7. The van der Waals surface area contributed by atoms with Gasteiger partial charge in [0, 0.05) is 30.1 Å². The number of aliphatic hydroxyl groups is 2. The number of anilines is 1. The highest BCUT2D eigenvalue weighted by Crippen LogP contribution is 2.45. The third-order valence-corrected chi connectivity index (χ3v) is 5.19. The van der Waals surface area contributed by atoms with Gasteiger partial charge in [-0.2, -0.15) is 5.10 Å². The van der Waals surface area contributed by atoms with Crippen LogP contribution in [0.15, 0.2) is 30.6 Å². The Morgan fingerprint density at radius 1 is 1.26 bits per heavy atom. The lowest BCUT2D eigenvalue weighted by atomic mass is 9.69. The molecule has 2 aromatic rings. The van der Waals surface area contributed by atoms with Crippen molar-refractivity contribution in [2.45, 2.75) is 13.8 Å². The second-order valence-corrected chi connectivity index (χ2v) is 6.81. The van der Waals surface area contributed by atoms with Crippen LogP contribution in [-0.2, 0) is 0 Å². The van der Waals surface area contributed by atoms with Crippen molar-refractivity contribution >= 4 is 17.2 Å². The van der Waals surface area contributed by atoms with Gasteiger partial charge < -0.3 is 20.4 Å². The Bertz CT molecular complexity index is 713. The Kier molecular flexibility index (Phi) is 3.77. The van der Waals surface area contributed by atoms with Crippen LogP contribution in [0, 0.1) is 10.8 Å². The third-order valence-electron chi connectivity index (χ3n) is 5.19. The predicted molar refractivity (Wildman–Crippen MR) is 86.2 cm³/mol. The van der Waals surface area contributed by atoms with Gasteiger partial charge in [0.2, 0.25) is 0 Å². The fourth-order valence-corrected chi connectivity index (χ4v) is 3.13. The van der Waals surface area contributed by atoms with E-state index in [-0.39, 0.29) is 19.2 Å². The summed E-state index contributed by atoms with van der Waals surface area (Å²) in [5, 5.41) is 26.5. The molecule has 7 nitrogen and oxygen atoms in total. The lowest BCUT2D eigenvalue weighted by Gasteiger charge is -2.36. The van der Waals surface area contributed by atoms with E-state index >= 15 is 0 Å². The number of fused-ring (bicyclic) bond motifs is 1. The zero-order valence-corrected chi connectivity index (χ0v) is 13.4. The van der Waals surface area contributed by atoms with Gasteiger partial charge in [0.25, 0.3) is 0 Å². The van der Waals surface area contributed by atoms with Gasteiger partial charge in [-0.3, -0.25) is 0 Å². The summed E-state index contributed by atoms with van der Waals surface area (Å²) in [4.78, 5) is 14.2. The molecule has 3 N–H and O–H groups in total. The molecule has 23 heavy (non-hydrogen) atoms. The van der Waals surface area contributed by atoms with E-state index in [9.17, 15) is 15.0 Å². The summed E-state index contributed by atoms with van der Waals surface area (Å²) in [6.45, 7) is 4.42. The predicted octanol–water partition coefficient (Wildman–Crippen LogP) is 1.18. The molecule has 0 radical (unpaired) electrons. The molecule has 1 aliphatic rings. The van der Waals surface area contributed by atoms with Crippen molar-refractivity contribution in [1.82, 2.24) is 14.5 Å². The first-order chi connectivity index (χ1) is 10.9. The number of nitrogens with one attached hydrogen (secondary N) is 1. The molecule has 3 rings (SSSR count). The number of aliphatic hydroxyl groups excluding tert-OH is 2. The van der Waals surface area contributed by atoms with E-state index < -0.39 is 10.8 Å². The molecule has 0 aromatic carbocycles. The van der Waals surface area contributed by atoms with Gasteiger partial charge in [0.1, 0.15) is 0 Å². The molecule has 1 saturated heterocycles. The molecule has 0 saturated carbocycles. The van der Waals surface area contributed by atoms with Crippen molar-refractivity contribution in [3.05, 3.63) is 30.6 Å². The van der Waals surface area contributed by atoms with Gasteiger partial charge in [-0.05, 0) is 12.1 Å². The van der Waals surface area contributed by atoms with E-state index in [0.717, 1.165) is 5.52 Å². The first-order valence-corrected chi connectivity index (χ1v) is 7.62. The molecule has 2 aromatic heterocycles. The van der Waals surface area contributed by atoms with Crippen molar-refractivity contribution < 1.29 is 15.0 Å². The minimum absolute atomic E-state index is 0.0788. The summed E-state index contributed by atoms with van der Waals surface area (Å²) >= 11 is 0. The molecular formula is C16H22N4O3. The van der Waals surface area contributed by atoms with Gasteiger partial charge in [-0.25, -0.2) is 9.31 Å². The van der Waals surface area contributed by atoms with Crippen molar-refractivity contribution in [3.63, 3.8) is 0 Å². The summed E-state index contributed by atoms with van der Waals surface area (Å²) in [6.07, 6.45) is 3.42. The Labute approximate surface area is 134 Å². The second-order valence-electron chi connectivity index (χ2n) is 6.81. The smallest absolute Gasteiger partial charge is 0.321 e. The van der Waals surface area contributed by atoms with Gasteiger partial charge in [-0.15, -0.1) is 0 Å². The van der Waals surface area contributed by atoms with Gasteiger partial charge >= 0.3 is 6.03 Å². The number of carbonyl (C=O) groups excluding carboxylic acids is 1. The summed E-state index contributed by atoms with van der Waals surface area (Å²) < 4.78 is 1.69. The van der Waals surface area contributed by atoms with E-state index in [1.54, 1.807) is 15.6 Å². The van der Waals surface area contributed by atoms with Crippen LogP contribution in [0.3, 0.4) is 0 Å². The highest BCUT2D eigenvalue weighted by molar-refractivity contribution is 5.94. The number of carbonyl (C=O) groups is 1. The average molecular weight is 318 g/mol. The minimum Gasteiger partial charge on any atom is -0.396 e. The largest absolute Gasteiger partial charge is 0.396 e. The fraction of sp³-hybridized carbons (Fsp3) is 0.500. The molecule has 0 unspecified atom stereocenters. The molecule has 7 heteroatoms. The number of hydrogen-bond acceptors (Lipinski definition) is 4. The Balaban J connectivity index is 1.79. The third kappa shape index (κ3) is 2.46. The van der Waals surface area contributed by atoms with Crippen molar-refractivity contribution in [3.8, 4) is 0 Å². The first kappa shape index (κ1) is 15.8. The summed E-state index contributed by atoms with van der Waals surface area (Å²) in [6, 6.07) is 5.38. The van der Waals surface area contributed by atoms with E-state index in [2.05, 4.69) is 10.4 Å². The molecule has 0 aliphatic carbocycles. The maximum absolute atomic E-state index is 12.6. The van der Waals surface area contributed by atoms with Crippen LogP contribution in [0.1, 0.15) is 13.8 Å². The minimum atomic E-state index is -0.528. The molecule has 0 spiro atoms. The van der Waals surface area contributed by atoms with Crippen LogP contribution in [0.2, 0.25) is 0 Å². The lowest BCUT2D eigenvalue weighted by molar-refractivity contribution is 0.00976. The Hall–Kier alpha value is -2.12. The second kappa shape index (κ2) is 5.50. The number of nitrogens with zero attached hydrogens (tertiary/aromatic N) is 3. The molecule has 2 atom stereocenters. The highest BCUT2D eigenvalue weighted by atomic mass is 16.3. The van der Waals surface area contributed by atoms with Crippen LogP contribution >= 0.6 is 0 Å². The molecule has 2 amide bonds. The molecule has 1 aliphatic heterocycles. The highest BCUT2D eigenvalue weighted by Gasteiger charge is 2.52. The fourth-order valence-electron chi connectivity index (χ4n) is 3.13. The van der Waals surface area contributed by atoms with Crippen LogP contribution in [0.5, 0.6) is 0 Å². The van der Waals surface area contributed by atoms with Crippen LogP contribution in [0.4, 0.5) is 10.5 Å². The van der Waals surface area contributed by atoms with Gasteiger partial charge in [0.15, 0.2) is 0 Å². The van der Waals surface area contributed by atoms with E-state index in [1.165, 1.54) is 0 Å². The Morgan fingerprint density at radius 3 is 2.52 bits per heavy atom. The number of pyridine rings is 1. The maximum atomic E-state index is 12.6. The van der Waals surface area contributed by atoms with Crippen molar-refractivity contribution in [2.24, 2.45) is 10.8 Å². The van der Waals surface area contributed by atoms with Crippen LogP contribution < -0.4 is 5.32 Å². The van der Waals surface area contributed by atoms with E-state index in [0.29, 0.717) is 18.8 Å². The first-order valence-electron chi connectivity index (χ1n) is 7.62. The summed E-state index contributed by atoms with van der Waals surface area (Å²) in [5.41, 5.74) is 0.397. The quantitative estimate of drug-likeness (QED) is 0.792. The summed E-state index contributed by atoms with van der Waals surface area (Å²) in [7, 11) is 0. The van der Waals surface area contributed by atoms with E-state index in [4.69, 9.17) is 0 Å². The van der Waals surface area contributed by atoms with Crippen LogP contribution in [-0.4, -0.2) is 57.1 Å². The molecule has 124 valence electrons. The number of likely N-dealkylation sites (tertiary alicyclic amines) is 1. The molecular weight excluding hydrogens is 296 g/mol. The number of hydrogen-bond donors (Lipinski definition) is 3. The molecule has 3 heterocycles. The normalized spacial score (nSPS) is 27.6. The van der Waals surface area contributed by atoms with Crippen molar-refractivity contribution in [1.29, 1.82) is 0 Å². The van der Waals surface area contributed by atoms with Gasteiger partial charge in [0.05, 0.1) is 30.6 Å². The standard InChI is InChI=1S/C16H22N4O3/c1-15(10-21)8-19(9-16(15,2)11-22)14(23)18-12-7-17-20-6-4-3-5-13(12)20/h3-7,21-22H,8-11H2,1-2H3,(H,18,23)/t15-,16+. The topological polar surface area (TPSA) is 90.1 Å².